The molecule has 2 unspecified atom stereocenters. The third-order valence-electron chi connectivity index (χ3n) is 4.55. The molecule has 0 bridgehead atoms. The normalized spacial score (nSPS) is 19.5. The van der Waals surface area contributed by atoms with Crippen molar-refractivity contribution in [1.82, 2.24) is 15.1 Å². The Hall–Kier alpha value is -1.56. The van der Waals surface area contributed by atoms with Crippen LogP contribution < -0.4 is 16.8 Å². The lowest BCUT2D eigenvalue weighted by Gasteiger charge is -2.35. The largest absolute Gasteiger partial charge is 0.364 e. The van der Waals surface area contributed by atoms with Crippen molar-refractivity contribution in [2.45, 2.75) is 57.9 Å². The molecule has 0 aromatic heterocycles. The van der Waals surface area contributed by atoms with E-state index in [2.05, 4.69) is 55.3 Å². The van der Waals surface area contributed by atoms with E-state index in [1.807, 2.05) is 25.1 Å². The maximum absolute atomic E-state index is 6.51. The Bertz CT molecular complexity index is 573. The number of likely N-dealkylation sites (N-methyl/N-ethyl adjacent to an activating group) is 1. The Morgan fingerprint density at radius 2 is 1.88 bits per heavy atom. The predicted octanol–water partition coefficient (Wildman–Crippen LogP) is 2.36. The van der Waals surface area contributed by atoms with Crippen LogP contribution in [0, 0.1) is 0 Å². The van der Waals surface area contributed by atoms with Gasteiger partial charge in [0.15, 0.2) is 0 Å². The van der Waals surface area contributed by atoms with Crippen LogP contribution in [0.3, 0.4) is 0 Å². The zero-order valence-corrected chi connectivity index (χ0v) is 16.4. The summed E-state index contributed by atoms with van der Waals surface area (Å²) >= 11 is 0. The van der Waals surface area contributed by atoms with Crippen molar-refractivity contribution in [1.29, 1.82) is 0 Å². The van der Waals surface area contributed by atoms with Crippen LogP contribution >= 0.6 is 0 Å². The maximum Gasteiger partial charge on any atom is 0.100 e. The van der Waals surface area contributed by atoms with Gasteiger partial charge in [-0.25, -0.2) is 0 Å². The van der Waals surface area contributed by atoms with Gasteiger partial charge in [-0.3, -0.25) is 4.90 Å². The number of rotatable bonds is 8. The van der Waals surface area contributed by atoms with Gasteiger partial charge in [-0.15, -0.1) is 0 Å². The number of nitrogens with zero attached hydrogens (tertiary/aromatic N) is 2. The summed E-state index contributed by atoms with van der Waals surface area (Å²) in [6.07, 6.45) is 3.48. The smallest absolute Gasteiger partial charge is 0.100 e. The van der Waals surface area contributed by atoms with Gasteiger partial charge in [-0.1, -0.05) is 43.7 Å². The van der Waals surface area contributed by atoms with Crippen LogP contribution in [-0.4, -0.2) is 48.3 Å². The highest BCUT2D eigenvalue weighted by atomic mass is 15.4. The molecular weight excluding hydrogens is 310 g/mol. The van der Waals surface area contributed by atoms with Crippen LogP contribution in [0.1, 0.15) is 45.6 Å². The fourth-order valence-corrected chi connectivity index (χ4v) is 3.29. The summed E-state index contributed by atoms with van der Waals surface area (Å²) in [7, 11) is 4.02. The van der Waals surface area contributed by atoms with Crippen molar-refractivity contribution in [3.8, 4) is 0 Å². The Balaban J connectivity index is 2.48. The van der Waals surface area contributed by atoms with Gasteiger partial charge in [-0.2, -0.15) is 0 Å². The van der Waals surface area contributed by atoms with Gasteiger partial charge < -0.3 is 21.7 Å². The van der Waals surface area contributed by atoms with Crippen molar-refractivity contribution in [3.63, 3.8) is 0 Å². The van der Waals surface area contributed by atoms with E-state index < -0.39 is 0 Å². The van der Waals surface area contributed by atoms with Crippen LogP contribution in [0.4, 0.5) is 0 Å². The lowest BCUT2D eigenvalue weighted by Crippen LogP contribution is -2.49. The first-order chi connectivity index (χ1) is 11.7. The summed E-state index contributed by atoms with van der Waals surface area (Å²) in [6, 6.07) is 10.5. The summed E-state index contributed by atoms with van der Waals surface area (Å²) in [5.41, 5.74) is 16.1. The van der Waals surface area contributed by atoms with Crippen LogP contribution in [0.15, 0.2) is 36.0 Å². The van der Waals surface area contributed by atoms with E-state index in [1.54, 1.807) is 0 Å². The molecule has 2 atom stereocenters. The van der Waals surface area contributed by atoms with Gasteiger partial charge in [0.05, 0.1) is 17.6 Å². The Labute approximate surface area is 153 Å². The van der Waals surface area contributed by atoms with E-state index in [1.165, 1.54) is 24.1 Å². The minimum absolute atomic E-state index is 0.176. The number of benzene rings is 1. The number of nitrogens with one attached hydrogen (secondary N) is 1. The van der Waals surface area contributed by atoms with Crippen molar-refractivity contribution < 1.29 is 0 Å². The lowest BCUT2D eigenvalue weighted by molar-refractivity contribution is 0.227. The number of hydrogen-bond acceptors (Lipinski definition) is 5. The second-order valence-corrected chi connectivity index (χ2v) is 7.96. The molecule has 5 heteroatoms. The van der Waals surface area contributed by atoms with Crippen LogP contribution in [0.5, 0.6) is 0 Å². The van der Waals surface area contributed by atoms with Gasteiger partial charge in [0, 0.05) is 12.1 Å². The minimum Gasteiger partial charge on any atom is -0.364 e. The highest BCUT2D eigenvalue weighted by molar-refractivity contribution is 5.70. The summed E-state index contributed by atoms with van der Waals surface area (Å²) in [5.74, 6) is 0. The molecule has 1 aromatic carbocycles. The van der Waals surface area contributed by atoms with Gasteiger partial charge in [-0.05, 0) is 46.3 Å². The van der Waals surface area contributed by atoms with Crippen LogP contribution in [-0.2, 0) is 0 Å². The van der Waals surface area contributed by atoms with Crippen LogP contribution in [0.2, 0.25) is 0 Å². The van der Waals surface area contributed by atoms with E-state index in [0.717, 1.165) is 18.7 Å². The molecule has 0 fully saturated rings. The third kappa shape index (κ3) is 4.97. The van der Waals surface area contributed by atoms with Crippen molar-refractivity contribution in [3.05, 3.63) is 41.6 Å². The maximum atomic E-state index is 6.51. The molecule has 1 aliphatic rings. The molecule has 0 amide bonds. The zero-order valence-electron chi connectivity index (χ0n) is 16.4. The number of hydrogen-bond donors (Lipinski definition) is 3. The summed E-state index contributed by atoms with van der Waals surface area (Å²) in [6.45, 7) is 7.17. The summed E-state index contributed by atoms with van der Waals surface area (Å²) in [5, 5.41) is 3.71. The quantitative estimate of drug-likeness (QED) is 0.631. The molecule has 0 spiro atoms. The minimum atomic E-state index is -0.288. The first-order valence-electron chi connectivity index (χ1n) is 9.28. The van der Waals surface area contributed by atoms with Crippen molar-refractivity contribution >= 4 is 5.70 Å². The van der Waals surface area contributed by atoms with E-state index in [-0.39, 0.29) is 17.9 Å². The molecule has 0 saturated carbocycles. The van der Waals surface area contributed by atoms with Gasteiger partial charge in [0.1, 0.15) is 6.17 Å². The SMILES string of the molecule is CCCCC1NC(C(N)N(C)C)=C(c2ccccc2)N1CC(C)(C)N. The molecule has 0 aliphatic carbocycles. The van der Waals surface area contributed by atoms with E-state index >= 15 is 0 Å². The standard InChI is InChI=1S/C20H35N5/c1-6-7-13-16-23-17(19(21)24(4)5)18(15-11-9-8-10-12-15)25(16)14-20(2,3)22/h8-12,16,19,23H,6-7,13-14,21-22H2,1-5H3. The third-order valence-corrected chi connectivity index (χ3v) is 4.55. The highest BCUT2D eigenvalue weighted by Crippen LogP contribution is 2.33. The fraction of sp³-hybridized carbons (Fsp3) is 0.600. The predicted molar refractivity (Wildman–Crippen MR) is 106 cm³/mol. The second-order valence-electron chi connectivity index (χ2n) is 7.96. The van der Waals surface area contributed by atoms with E-state index in [9.17, 15) is 0 Å². The first-order valence-corrected chi connectivity index (χ1v) is 9.28. The van der Waals surface area contributed by atoms with Crippen LogP contribution in [0.25, 0.3) is 5.70 Å². The van der Waals surface area contributed by atoms with E-state index in [0.29, 0.717) is 0 Å². The molecule has 1 heterocycles. The lowest BCUT2D eigenvalue weighted by atomic mass is 10.0. The second kappa shape index (κ2) is 8.21. The van der Waals surface area contributed by atoms with Crippen molar-refractivity contribution in [2.75, 3.05) is 20.6 Å². The number of nitrogens with two attached hydrogens (primary N) is 2. The molecular formula is C20H35N5. The van der Waals surface area contributed by atoms with E-state index in [4.69, 9.17) is 11.5 Å². The molecule has 1 aromatic rings. The average molecular weight is 346 g/mol. The molecule has 2 rings (SSSR count). The average Bonchev–Trinajstić information content (AvgIpc) is 2.89. The molecule has 25 heavy (non-hydrogen) atoms. The zero-order chi connectivity index (χ0) is 18.6. The molecule has 140 valence electrons. The van der Waals surface area contributed by atoms with Gasteiger partial charge in [0.2, 0.25) is 0 Å². The fourth-order valence-electron chi connectivity index (χ4n) is 3.29. The molecule has 1 aliphatic heterocycles. The molecule has 5 nitrogen and oxygen atoms in total. The molecule has 0 saturated heterocycles. The monoisotopic (exact) mass is 345 g/mol. The summed E-state index contributed by atoms with van der Waals surface area (Å²) < 4.78 is 0. The number of unbranched alkanes of at least 4 members (excludes halogenated alkanes) is 1. The summed E-state index contributed by atoms with van der Waals surface area (Å²) in [4.78, 5) is 4.46. The molecule has 0 radical (unpaired) electrons. The highest BCUT2D eigenvalue weighted by Gasteiger charge is 2.36. The Kier molecular flexibility index (Phi) is 6.49. The van der Waals surface area contributed by atoms with Crippen molar-refractivity contribution in [2.24, 2.45) is 11.5 Å². The molecule has 5 N–H and O–H groups in total. The Morgan fingerprint density at radius 1 is 1.24 bits per heavy atom. The van der Waals surface area contributed by atoms with Gasteiger partial charge in [0.25, 0.3) is 0 Å². The van der Waals surface area contributed by atoms with Gasteiger partial charge >= 0.3 is 0 Å². The Morgan fingerprint density at radius 3 is 2.40 bits per heavy atom. The topological polar surface area (TPSA) is 70.5 Å². The first kappa shape index (κ1) is 19.8.